The average Bonchev–Trinajstić information content (AvgIpc) is 2.78. The number of rotatable bonds is 6. The van der Waals surface area contributed by atoms with Gasteiger partial charge in [-0.2, -0.15) is 0 Å². The van der Waals surface area contributed by atoms with E-state index in [2.05, 4.69) is 291 Å². The SMILES string of the molecule is c1ccc(-c2c3ccccc3c(-c3ccc(-c4cc5cc(-c6ccc(-c7c8ccccc8c(-c8ccccc8)c8ccccc78)c7ccccc67)c6sc7ccccc7c6c5c5c4sc4ccccc45)c4ccccc34)c3ccccc23)cc1. The quantitative estimate of drug-likeness (QED) is 0.146. The summed E-state index contributed by atoms with van der Waals surface area (Å²) in [7, 11) is 0. The first-order valence-electron chi connectivity index (χ1n) is 29.0. The fraction of sp³-hybridized carbons (Fsp3) is 0. The second kappa shape index (κ2) is 18.7. The van der Waals surface area contributed by atoms with E-state index in [9.17, 15) is 0 Å². The van der Waals surface area contributed by atoms with E-state index in [0.29, 0.717) is 0 Å². The molecule has 18 rings (SSSR count). The highest BCUT2D eigenvalue weighted by Crippen LogP contribution is 2.55. The number of hydrogen-bond acceptors (Lipinski definition) is 2. The molecule has 2 heteroatoms. The summed E-state index contributed by atoms with van der Waals surface area (Å²) in [5, 5.41) is 22.9. The molecule has 0 radical (unpaired) electrons. The Labute approximate surface area is 493 Å². The monoisotopic (exact) mass is 1100 g/mol. The smallest absolute Gasteiger partial charge is 0.0440 e. The predicted molar refractivity (Wildman–Crippen MR) is 367 cm³/mol. The minimum atomic E-state index is 1.23. The number of fused-ring (bicyclic) bond motifs is 15. The van der Waals surface area contributed by atoms with Gasteiger partial charge in [0.25, 0.3) is 0 Å². The van der Waals surface area contributed by atoms with E-state index in [4.69, 9.17) is 0 Å². The van der Waals surface area contributed by atoms with Crippen LogP contribution in [0.25, 0.3) is 183 Å². The molecular weight excluding hydrogens is 1050 g/mol. The van der Waals surface area contributed by atoms with E-state index in [0.717, 1.165) is 0 Å². The van der Waals surface area contributed by atoms with Gasteiger partial charge < -0.3 is 0 Å². The van der Waals surface area contributed by atoms with Crippen molar-refractivity contribution in [1.29, 1.82) is 0 Å². The molecule has 388 valence electrons. The zero-order valence-corrected chi connectivity index (χ0v) is 47.2. The van der Waals surface area contributed by atoms with Crippen LogP contribution in [-0.2, 0) is 0 Å². The lowest BCUT2D eigenvalue weighted by atomic mass is 9.83. The van der Waals surface area contributed by atoms with Crippen LogP contribution in [0.1, 0.15) is 0 Å². The topological polar surface area (TPSA) is 0 Å². The van der Waals surface area contributed by atoms with Crippen LogP contribution in [-0.4, -0.2) is 0 Å². The minimum Gasteiger partial charge on any atom is -0.135 e. The maximum absolute atomic E-state index is 2.55. The molecule has 0 aliphatic carbocycles. The van der Waals surface area contributed by atoms with Gasteiger partial charge in [-0.15, -0.1) is 22.7 Å². The lowest BCUT2D eigenvalue weighted by Gasteiger charge is -2.20. The van der Waals surface area contributed by atoms with Gasteiger partial charge in [-0.05, 0) is 150 Å². The molecule has 0 bridgehead atoms. The molecule has 0 atom stereocenters. The van der Waals surface area contributed by atoms with Gasteiger partial charge >= 0.3 is 0 Å². The van der Waals surface area contributed by atoms with Crippen molar-refractivity contribution in [1.82, 2.24) is 0 Å². The van der Waals surface area contributed by atoms with Gasteiger partial charge in [0.15, 0.2) is 0 Å². The van der Waals surface area contributed by atoms with Crippen LogP contribution in [0.15, 0.2) is 291 Å². The Morgan fingerprint density at radius 3 is 0.786 bits per heavy atom. The predicted octanol–water partition coefficient (Wildman–Crippen LogP) is 24.5. The molecule has 0 amide bonds. The van der Waals surface area contributed by atoms with Gasteiger partial charge in [0.05, 0.1) is 0 Å². The zero-order chi connectivity index (χ0) is 55.0. The Kier molecular flexibility index (Phi) is 10.5. The molecule has 0 N–H and O–H groups in total. The summed E-state index contributed by atoms with van der Waals surface area (Å²) >= 11 is 3.87. The highest BCUT2D eigenvalue weighted by Gasteiger charge is 2.26. The summed E-state index contributed by atoms with van der Waals surface area (Å²) in [5.74, 6) is 0. The van der Waals surface area contributed by atoms with Gasteiger partial charge in [-0.3, -0.25) is 0 Å². The molecule has 0 aliphatic rings. The largest absolute Gasteiger partial charge is 0.135 e. The molecule has 0 unspecified atom stereocenters. The molecule has 16 aromatic carbocycles. The summed E-state index contributed by atoms with van der Waals surface area (Å²) in [6.45, 7) is 0. The molecule has 0 spiro atoms. The minimum absolute atomic E-state index is 1.23. The maximum Gasteiger partial charge on any atom is 0.0440 e. The van der Waals surface area contributed by atoms with Crippen molar-refractivity contribution in [3.8, 4) is 66.8 Å². The molecule has 0 aliphatic heterocycles. The first-order valence-corrected chi connectivity index (χ1v) is 30.6. The van der Waals surface area contributed by atoms with Gasteiger partial charge in [-0.25, -0.2) is 0 Å². The standard InChI is InChI=1S/C82H48S2/c1-3-23-49(24-4-1)74-58-31-11-15-35-62(58)77(63-36-16-12-32-59(63)74)66-45-43-56(52-27-7-9-29-54(52)66)70-47-51-48-71(82-80(69-40-20-22-42-73(69)84-82)76(51)79-68-39-19-21-41-72(68)83-81(70)79)57-44-46-67(55-30-10-8-28-53(55)57)78-64-37-17-13-33-60(64)75(50-25-5-2-6-26-50)61-34-14-18-38-65(61)78/h1-48H. The van der Waals surface area contributed by atoms with Crippen molar-refractivity contribution >= 4 is 138 Å². The molecule has 2 heterocycles. The van der Waals surface area contributed by atoms with Crippen molar-refractivity contribution in [2.45, 2.75) is 0 Å². The molecule has 0 saturated carbocycles. The average molecular weight is 1100 g/mol. The summed E-state index contributed by atoms with van der Waals surface area (Å²) in [6.07, 6.45) is 0. The van der Waals surface area contributed by atoms with Crippen LogP contribution >= 0.6 is 22.7 Å². The lowest BCUT2D eigenvalue weighted by Crippen LogP contribution is -1.93. The van der Waals surface area contributed by atoms with Crippen LogP contribution in [0.3, 0.4) is 0 Å². The number of hydrogen-bond donors (Lipinski definition) is 0. The summed E-state index contributed by atoms with van der Waals surface area (Å²) in [6, 6.07) is 109. The highest BCUT2D eigenvalue weighted by molar-refractivity contribution is 7.27. The zero-order valence-electron chi connectivity index (χ0n) is 45.5. The van der Waals surface area contributed by atoms with Crippen LogP contribution in [0, 0.1) is 0 Å². The van der Waals surface area contributed by atoms with Gasteiger partial charge in [0.1, 0.15) is 0 Å². The van der Waals surface area contributed by atoms with Crippen molar-refractivity contribution < 1.29 is 0 Å². The second-order valence-corrected chi connectivity index (χ2v) is 24.5. The fourth-order valence-electron chi connectivity index (χ4n) is 14.6. The van der Waals surface area contributed by atoms with E-state index in [1.807, 2.05) is 22.7 Å². The van der Waals surface area contributed by atoms with E-state index < -0.39 is 0 Å². The van der Waals surface area contributed by atoms with Crippen LogP contribution in [0.5, 0.6) is 0 Å². The first kappa shape index (κ1) is 47.4. The molecule has 0 saturated heterocycles. The van der Waals surface area contributed by atoms with E-state index >= 15 is 0 Å². The summed E-state index contributed by atoms with van der Waals surface area (Å²) in [5.41, 5.74) is 15.1. The Morgan fingerprint density at radius 1 is 0.179 bits per heavy atom. The normalized spacial score (nSPS) is 12.0. The number of benzene rings is 16. The second-order valence-electron chi connectivity index (χ2n) is 22.4. The van der Waals surface area contributed by atoms with Crippen molar-refractivity contribution in [2.24, 2.45) is 0 Å². The van der Waals surface area contributed by atoms with Crippen LogP contribution in [0.4, 0.5) is 0 Å². The number of thiophene rings is 2. The van der Waals surface area contributed by atoms with Crippen molar-refractivity contribution in [2.75, 3.05) is 0 Å². The maximum atomic E-state index is 2.55. The van der Waals surface area contributed by atoms with Gasteiger partial charge in [0.2, 0.25) is 0 Å². The molecule has 0 nitrogen and oxygen atoms in total. The van der Waals surface area contributed by atoms with E-state index in [1.165, 1.54) is 183 Å². The van der Waals surface area contributed by atoms with Gasteiger partial charge in [0, 0.05) is 56.9 Å². The first-order chi connectivity index (χ1) is 41.7. The van der Waals surface area contributed by atoms with Crippen molar-refractivity contribution in [3.63, 3.8) is 0 Å². The lowest BCUT2D eigenvalue weighted by molar-refractivity contribution is 1.66. The molecule has 84 heavy (non-hydrogen) atoms. The fourth-order valence-corrected chi connectivity index (χ4v) is 17.1. The van der Waals surface area contributed by atoms with E-state index in [-0.39, 0.29) is 0 Å². The van der Waals surface area contributed by atoms with E-state index in [1.54, 1.807) is 0 Å². The Morgan fingerprint density at radius 2 is 0.440 bits per heavy atom. The third kappa shape index (κ3) is 6.93. The molecule has 18 aromatic rings. The van der Waals surface area contributed by atoms with Crippen LogP contribution < -0.4 is 0 Å². The molecular formula is C82H48S2. The van der Waals surface area contributed by atoms with Crippen LogP contribution in [0.2, 0.25) is 0 Å². The third-order valence-corrected chi connectivity index (χ3v) is 20.4. The molecule has 0 fully saturated rings. The summed E-state index contributed by atoms with van der Waals surface area (Å²) < 4.78 is 5.24. The Balaban J connectivity index is 0.910. The Bertz CT molecular complexity index is 5320. The molecule has 2 aromatic heterocycles. The van der Waals surface area contributed by atoms with Crippen molar-refractivity contribution in [3.05, 3.63) is 291 Å². The summed E-state index contributed by atoms with van der Waals surface area (Å²) in [4.78, 5) is 0. The van der Waals surface area contributed by atoms with Gasteiger partial charge in [-0.1, -0.05) is 267 Å². The Hall–Kier alpha value is -10.2. The third-order valence-electron chi connectivity index (χ3n) is 18.0. The highest BCUT2D eigenvalue weighted by atomic mass is 32.1.